The molecule has 1 saturated heterocycles. The first-order valence-corrected chi connectivity index (χ1v) is 6.48. The van der Waals surface area contributed by atoms with Gasteiger partial charge in [0.25, 0.3) is 0 Å². The number of hydrogen-bond acceptors (Lipinski definition) is 3. The van der Waals surface area contributed by atoms with Crippen molar-refractivity contribution >= 4 is 15.9 Å². The van der Waals surface area contributed by atoms with E-state index in [1.165, 1.54) is 12.1 Å². The molecule has 0 spiro atoms. The zero-order chi connectivity index (χ0) is 11.7. The first-order chi connectivity index (χ1) is 8.34. The summed E-state index contributed by atoms with van der Waals surface area (Å²) in [6, 6.07) is 2.06. The molecule has 88 valence electrons. The fourth-order valence-corrected chi connectivity index (χ4v) is 2.62. The summed E-state index contributed by atoms with van der Waals surface area (Å²) in [4.78, 5) is 8.46. The number of aromatic nitrogens is 3. The summed E-state index contributed by atoms with van der Waals surface area (Å²) in [5.74, 6) is 0.552. The maximum Gasteiger partial charge on any atom is 0.0994 e. The molecule has 1 aliphatic rings. The van der Waals surface area contributed by atoms with Crippen molar-refractivity contribution in [3.05, 3.63) is 41.2 Å². The van der Waals surface area contributed by atoms with Crippen molar-refractivity contribution in [1.82, 2.24) is 19.9 Å². The van der Waals surface area contributed by atoms with E-state index < -0.39 is 0 Å². The second kappa shape index (κ2) is 4.58. The summed E-state index contributed by atoms with van der Waals surface area (Å²) in [5.41, 5.74) is 2.31. The van der Waals surface area contributed by atoms with Crippen molar-refractivity contribution in [2.24, 2.45) is 0 Å². The average molecular weight is 293 g/mol. The molecule has 1 aliphatic heterocycles. The highest BCUT2D eigenvalue weighted by molar-refractivity contribution is 9.10. The van der Waals surface area contributed by atoms with Gasteiger partial charge in [-0.2, -0.15) is 0 Å². The molecular weight excluding hydrogens is 280 g/mol. The van der Waals surface area contributed by atoms with Crippen molar-refractivity contribution in [3.63, 3.8) is 0 Å². The molecule has 1 fully saturated rings. The molecule has 1 atom stereocenters. The Bertz CT molecular complexity index is 517. The normalized spacial score (nSPS) is 19.7. The second-order valence-corrected chi connectivity index (χ2v) is 5.16. The van der Waals surface area contributed by atoms with Crippen molar-refractivity contribution in [3.8, 4) is 5.69 Å². The van der Waals surface area contributed by atoms with Crippen molar-refractivity contribution in [2.45, 2.75) is 12.3 Å². The summed E-state index contributed by atoms with van der Waals surface area (Å²) < 4.78 is 3.11. The minimum absolute atomic E-state index is 0.552. The molecule has 0 saturated carbocycles. The fourth-order valence-electron chi connectivity index (χ4n) is 2.26. The van der Waals surface area contributed by atoms with Crippen LogP contribution in [0, 0.1) is 0 Å². The van der Waals surface area contributed by atoms with E-state index in [0.717, 1.165) is 23.2 Å². The van der Waals surface area contributed by atoms with Crippen LogP contribution in [0.3, 0.4) is 0 Å². The standard InChI is InChI=1S/C12H13BrN4/c13-10-3-11(6-15-5-10)17-8-16-7-12(17)9-1-2-14-4-9/h3,5-9,14H,1-2,4H2. The Balaban J connectivity index is 2.00. The molecule has 0 aromatic carbocycles. The van der Waals surface area contributed by atoms with Crippen LogP contribution in [-0.2, 0) is 0 Å². The van der Waals surface area contributed by atoms with E-state index in [1.54, 1.807) is 6.20 Å². The number of rotatable bonds is 2. The van der Waals surface area contributed by atoms with Gasteiger partial charge < -0.3 is 9.88 Å². The highest BCUT2D eigenvalue weighted by Crippen LogP contribution is 2.25. The van der Waals surface area contributed by atoms with Crippen LogP contribution in [0.15, 0.2) is 35.5 Å². The topological polar surface area (TPSA) is 42.7 Å². The Morgan fingerprint density at radius 3 is 3.00 bits per heavy atom. The summed E-state index contributed by atoms with van der Waals surface area (Å²) >= 11 is 3.45. The smallest absolute Gasteiger partial charge is 0.0994 e. The summed E-state index contributed by atoms with van der Waals surface area (Å²) in [6.07, 6.45) is 8.64. The van der Waals surface area contributed by atoms with E-state index in [-0.39, 0.29) is 0 Å². The van der Waals surface area contributed by atoms with Gasteiger partial charge in [0.05, 0.1) is 18.2 Å². The van der Waals surface area contributed by atoms with Gasteiger partial charge in [-0.1, -0.05) is 0 Å². The summed E-state index contributed by atoms with van der Waals surface area (Å²) in [7, 11) is 0. The molecule has 3 heterocycles. The quantitative estimate of drug-likeness (QED) is 0.922. The monoisotopic (exact) mass is 292 g/mol. The lowest BCUT2D eigenvalue weighted by molar-refractivity contribution is 0.713. The first-order valence-electron chi connectivity index (χ1n) is 5.68. The van der Waals surface area contributed by atoms with E-state index in [9.17, 15) is 0 Å². The SMILES string of the molecule is Brc1cncc(-n2cncc2C2CCNC2)c1. The van der Waals surface area contributed by atoms with E-state index in [0.29, 0.717) is 5.92 Å². The van der Waals surface area contributed by atoms with E-state index >= 15 is 0 Å². The molecule has 4 nitrogen and oxygen atoms in total. The van der Waals surface area contributed by atoms with Crippen LogP contribution in [0.5, 0.6) is 0 Å². The van der Waals surface area contributed by atoms with Crippen LogP contribution in [0.1, 0.15) is 18.0 Å². The van der Waals surface area contributed by atoms with Crippen LogP contribution < -0.4 is 5.32 Å². The van der Waals surface area contributed by atoms with Gasteiger partial charge in [0.15, 0.2) is 0 Å². The molecule has 2 aromatic heterocycles. The Morgan fingerprint density at radius 2 is 2.24 bits per heavy atom. The van der Waals surface area contributed by atoms with E-state index in [4.69, 9.17) is 0 Å². The molecule has 0 amide bonds. The summed E-state index contributed by atoms with van der Waals surface area (Å²) in [5, 5.41) is 3.38. The van der Waals surface area contributed by atoms with Crippen LogP contribution in [0.25, 0.3) is 5.69 Å². The van der Waals surface area contributed by atoms with Gasteiger partial charge in [0, 0.05) is 35.0 Å². The van der Waals surface area contributed by atoms with Crippen LogP contribution >= 0.6 is 15.9 Å². The number of halogens is 1. The van der Waals surface area contributed by atoms with Gasteiger partial charge in [-0.3, -0.25) is 4.98 Å². The minimum Gasteiger partial charge on any atom is -0.316 e. The molecule has 0 aliphatic carbocycles. The molecule has 1 N–H and O–H groups in total. The third kappa shape index (κ3) is 2.12. The number of imidazole rings is 1. The van der Waals surface area contributed by atoms with Crippen LogP contribution in [0.2, 0.25) is 0 Å². The van der Waals surface area contributed by atoms with Crippen LogP contribution in [0.4, 0.5) is 0 Å². The zero-order valence-electron chi connectivity index (χ0n) is 9.31. The predicted molar refractivity (Wildman–Crippen MR) is 69.3 cm³/mol. The van der Waals surface area contributed by atoms with Crippen molar-refractivity contribution in [2.75, 3.05) is 13.1 Å². The number of hydrogen-bond donors (Lipinski definition) is 1. The van der Waals surface area contributed by atoms with Gasteiger partial charge in [-0.15, -0.1) is 0 Å². The lowest BCUT2D eigenvalue weighted by Gasteiger charge is -2.12. The minimum atomic E-state index is 0.552. The highest BCUT2D eigenvalue weighted by atomic mass is 79.9. The second-order valence-electron chi connectivity index (χ2n) is 4.24. The summed E-state index contributed by atoms with van der Waals surface area (Å²) in [6.45, 7) is 2.12. The zero-order valence-corrected chi connectivity index (χ0v) is 10.9. The molecule has 0 bridgehead atoms. The first kappa shape index (κ1) is 10.9. The Hall–Kier alpha value is -1.20. The third-order valence-electron chi connectivity index (χ3n) is 3.11. The lowest BCUT2D eigenvalue weighted by Crippen LogP contribution is -2.10. The van der Waals surface area contributed by atoms with Gasteiger partial charge in [-0.05, 0) is 35.0 Å². The maximum atomic E-state index is 4.26. The van der Waals surface area contributed by atoms with Crippen molar-refractivity contribution < 1.29 is 0 Å². The van der Waals surface area contributed by atoms with E-state index in [1.807, 2.05) is 18.7 Å². The highest BCUT2D eigenvalue weighted by Gasteiger charge is 2.20. The molecular formula is C12H13BrN4. The number of nitrogens with one attached hydrogen (secondary N) is 1. The number of nitrogens with zero attached hydrogens (tertiary/aromatic N) is 3. The third-order valence-corrected chi connectivity index (χ3v) is 3.55. The van der Waals surface area contributed by atoms with Gasteiger partial charge in [-0.25, -0.2) is 4.98 Å². The van der Waals surface area contributed by atoms with Crippen molar-refractivity contribution in [1.29, 1.82) is 0 Å². The Morgan fingerprint density at radius 1 is 1.29 bits per heavy atom. The molecule has 5 heteroatoms. The Kier molecular flexibility index (Phi) is 2.94. The molecule has 1 unspecified atom stereocenters. The molecule has 17 heavy (non-hydrogen) atoms. The van der Waals surface area contributed by atoms with Gasteiger partial charge in [0.1, 0.15) is 0 Å². The van der Waals surface area contributed by atoms with E-state index in [2.05, 4.69) is 41.8 Å². The predicted octanol–water partition coefficient (Wildman–Crippen LogP) is 2.11. The molecule has 2 aromatic rings. The lowest BCUT2D eigenvalue weighted by atomic mass is 10.1. The largest absolute Gasteiger partial charge is 0.316 e. The average Bonchev–Trinajstić information content (AvgIpc) is 3.00. The molecule has 0 radical (unpaired) electrons. The van der Waals surface area contributed by atoms with Gasteiger partial charge >= 0.3 is 0 Å². The number of pyridine rings is 1. The Labute approximate surface area is 108 Å². The van der Waals surface area contributed by atoms with Crippen LogP contribution in [-0.4, -0.2) is 27.6 Å². The molecule has 3 rings (SSSR count). The fraction of sp³-hybridized carbons (Fsp3) is 0.333. The maximum absolute atomic E-state index is 4.26. The van der Waals surface area contributed by atoms with Gasteiger partial charge in [0.2, 0.25) is 0 Å².